The van der Waals surface area contributed by atoms with Gasteiger partial charge < -0.3 is 16.2 Å². The molecule has 0 spiro atoms. The van der Waals surface area contributed by atoms with Crippen LogP contribution in [0.2, 0.25) is 0 Å². The van der Waals surface area contributed by atoms with E-state index in [0.717, 1.165) is 16.8 Å². The molecule has 0 saturated heterocycles. The van der Waals surface area contributed by atoms with Crippen molar-refractivity contribution >= 4 is 17.6 Å². The number of carbonyl (C=O) groups is 2. The van der Waals surface area contributed by atoms with E-state index in [0.29, 0.717) is 6.42 Å². The number of fused-ring (bicyclic) bond motifs is 1. The summed E-state index contributed by atoms with van der Waals surface area (Å²) in [5.41, 5.74) is 8.29. The summed E-state index contributed by atoms with van der Waals surface area (Å²) in [5, 5.41) is 11.6. The first kappa shape index (κ1) is 11.6. The van der Waals surface area contributed by atoms with Gasteiger partial charge in [0.05, 0.1) is 12.3 Å². The average Bonchev–Trinajstić information content (AvgIpc) is 2.65. The number of benzene rings is 1. The van der Waals surface area contributed by atoms with E-state index in [4.69, 9.17) is 10.8 Å². The Hall–Kier alpha value is -1.88. The number of carbonyl (C=O) groups excluding carboxylic acids is 1. The van der Waals surface area contributed by atoms with Crippen molar-refractivity contribution in [2.45, 2.75) is 19.4 Å². The van der Waals surface area contributed by atoms with Crippen LogP contribution in [-0.4, -0.2) is 17.0 Å². The van der Waals surface area contributed by atoms with Crippen LogP contribution in [0.1, 0.15) is 24.1 Å². The zero-order valence-corrected chi connectivity index (χ0v) is 9.43. The lowest BCUT2D eigenvalue weighted by Crippen LogP contribution is -2.25. The van der Waals surface area contributed by atoms with Crippen molar-refractivity contribution in [3.05, 3.63) is 29.3 Å². The fraction of sp³-hybridized carbons (Fsp3) is 0.333. The van der Waals surface area contributed by atoms with Crippen molar-refractivity contribution in [3.63, 3.8) is 0 Å². The summed E-state index contributed by atoms with van der Waals surface area (Å²) >= 11 is 0. The molecule has 1 aromatic carbocycles. The highest BCUT2D eigenvalue weighted by molar-refractivity contribution is 5.99. The highest BCUT2D eigenvalue weighted by Gasteiger charge is 2.24. The largest absolute Gasteiger partial charge is 0.481 e. The second-order valence-electron chi connectivity index (χ2n) is 4.29. The molecular formula is C12H14N2O3. The summed E-state index contributed by atoms with van der Waals surface area (Å²) in [4.78, 5) is 22.0. The number of hydrogen-bond acceptors (Lipinski definition) is 3. The van der Waals surface area contributed by atoms with Gasteiger partial charge in [-0.2, -0.15) is 0 Å². The molecule has 0 aromatic heterocycles. The number of carboxylic acids is 1. The van der Waals surface area contributed by atoms with E-state index < -0.39 is 17.9 Å². The Balaban J connectivity index is 2.27. The zero-order chi connectivity index (χ0) is 12.6. The number of rotatable bonds is 3. The van der Waals surface area contributed by atoms with Gasteiger partial charge in [0.2, 0.25) is 5.91 Å². The lowest BCUT2D eigenvalue weighted by Gasteiger charge is -2.17. The maximum absolute atomic E-state index is 11.2. The Kier molecular flexibility index (Phi) is 2.85. The number of nitrogens with one attached hydrogen (secondary N) is 1. The first-order chi connectivity index (χ1) is 7.99. The predicted octanol–water partition coefficient (Wildman–Crippen LogP) is 0.902. The van der Waals surface area contributed by atoms with Crippen LogP contribution in [-0.2, 0) is 16.0 Å². The van der Waals surface area contributed by atoms with Crippen molar-refractivity contribution in [1.29, 1.82) is 0 Å². The van der Waals surface area contributed by atoms with Crippen molar-refractivity contribution in [1.82, 2.24) is 0 Å². The first-order valence-electron chi connectivity index (χ1n) is 5.40. The second-order valence-corrected chi connectivity index (χ2v) is 4.29. The standard InChI is InChI=1S/C12H14N2O3/c1-6(12(16)17)11(13)7-2-3-9-8(4-7)5-10(15)14-9/h2-4,6,11H,5,13H2,1H3,(H,14,15)(H,16,17). The smallest absolute Gasteiger partial charge is 0.308 e. The lowest BCUT2D eigenvalue weighted by atomic mass is 9.94. The van der Waals surface area contributed by atoms with Crippen LogP contribution >= 0.6 is 0 Å². The Bertz CT molecular complexity index is 485. The van der Waals surface area contributed by atoms with Crippen LogP contribution in [0.3, 0.4) is 0 Å². The molecule has 2 unspecified atom stereocenters. The molecule has 2 atom stereocenters. The number of nitrogens with two attached hydrogens (primary N) is 1. The van der Waals surface area contributed by atoms with Gasteiger partial charge in [-0.25, -0.2) is 0 Å². The molecule has 1 aliphatic heterocycles. The monoisotopic (exact) mass is 234 g/mol. The minimum atomic E-state index is -0.924. The molecule has 1 heterocycles. The van der Waals surface area contributed by atoms with Gasteiger partial charge in [0.1, 0.15) is 0 Å². The molecule has 17 heavy (non-hydrogen) atoms. The maximum atomic E-state index is 11.2. The Morgan fingerprint density at radius 3 is 2.88 bits per heavy atom. The van der Waals surface area contributed by atoms with Crippen molar-refractivity contribution < 1.29 is 14.7 Å². The predicted molar refractivity (Wildman–Crippen MR) is 62.5 cm³/mol. The maximum Gasteiger partial charge on any atom is 0.308 e. The number of anilines is 1. The van der Waals surface area contributed by atoms with E-state index in [1.807, 2.05) is 0 Å². The molecule has 0 radical (unpaired) electrons. The van der Waals surface area contributed by atoms with Gasteiger partial charge in [0.25, 0.3) is 0 Å². The molecule has 1 amide bonds. The molecular weight excluding hydrogens is 220 g/mol. The summed E-state index contributed by atoms with van der Waals surface area (Å²) in [6.07, 6.45) is 0.331. The summed E-state index contributed by atoms with van der Waals surface area (Å²) in [5.74, 6) is -1.62. The van der Waals surface area contributed by atoms with Gasteiger partial charge in [-0.3, -0.25) is 9.59 Å². The van der Waals surface area contributed by atoms with Gasteiger partial charge in [-0.1, -0.05) is 19.1 Å². The minimum absolute atomic E-state index is 0.0444. The van der Waals surface area contributed by atoms with Crippen LogP contribution in [0.25, 0.3) is 0 Å². The fourth-order valence-electron chi connectivity index (χ4n) is 1.90. The summed E-state index contributed by atoms with van der Waals surface area (Å²) < 4.78 is 0. The van der Waals surface area contributed by atoms with E-state index in [9.17, 15) is 9.59 Å². The molecule has 5 nitrogen and oxygen atoms in total. The number of aliphatic carboxylic acids is 1. The highest BCUT2D eigenvalue weighted by atomic mass is 16.4. The van der Waals surface area contributed by atoms with Crippen LogP contribution in [0, 0.1) is 5.92 Å². The molecule has 0 fully saturated rings. The normalized spacial score (nSPS) is 17.2. The zero-order valence-electron chi connectivity index (χ0n) is 9.43. The van der Waals surface area contributed by atoms with Crippen molar-refractivity contribution in [3.8, 4) is 0 Å². The molecule has 2 rings (SSSR count). The molecule has 0 saturated carbocycles. The minimum Gasteiger partial charge on any atom is -0.481 e. The van der Waals surface area contributed by atoms with Crippen LogP contribution < -0.4 is 11.1 Å². The molecule has 4 N–H and O–H groups in total. The second kappa shape index (κ2) is 4.18. The van der Waals surface area contributed by atoms with Gasteiger partial charge in [-0.15, -0.1) is 0 Å². The SMILES string of the molecule is CC(C(=O)O)C(N)c1ccc2c(c1)CC(=O)N2. The van der Waals surface area contributed by atoms with Crippen LogP contribution in [0.4, 0.5) is 5.69 Å². The molecule has 1 aliphatic rings. The van der Waals surface area contributed by atoms with Gasteiger partial charge in [-0.05, 0) is 17.2 Å². The Morgan fingerprint density at radius 2 is 2.24 bits per heavy atom. The summed E-state index contributed by atoms with van der Waals surface area (Å²) in [7, 11) is 0. The Morgan fingerprint density at radius 1 is 1.53 bits per heavy atom. The third-order valence-corrected chi connectivity index (χ3v) is 3.07. The number of amides is 1. The van der Waals surface area contributed by atoms with Crippen molar-refractivity contribution in [2.24, 2.45) is 11.7 Å². The molecule has 0 aliphatic carbocycles. The van der Waals surface area contributed by atoms with E-state index in [1.165, 1.54) is 0 Å². The van der Waals surface area contributed by atoms with E-state index in [1.54, 1.807) is 25.1 Å². The number of carboxylic acid groups (broad SMARTS) is 1. The van der Waals surface area contributed by atoms with E-state index in [-0.39, 0.29) is 5.91 Å². The third-order valence-electron chi connectivity index (χ3n) is 3.07. The molecule has 90 valence electrons. The topological polar surface area (TPSA) is 92.4 Å². The van der Waals surface area contributed by atoms with Gasteiger partial charge >= 0.3 is 5.97 Å². The van der Waals surface area contributed by atoms with Crippen molar-refractivity contribution in [2.75, 3.05) is 5.32 Å². The summed E-state index contributed by atoms with van der Waals surface area (Å²) in [6, 6.07) is 4.77. The fourth-order valence-corrected chi connectivity index (χ4v) is 1.90. The Labute approximate surface area is 98.6 Å². The van der Waals surface area contributed by atoms with Crippen LogP contribution in [0.15, 0.2) is 18.2 Å². The molecule has 0 bridgehead atoms. The van der Waals surface area contributed by atoms with Gasteiger partial charge in [0.15, 0.2) is 0 Å². The van der Waals surface area contributed by atoms with E-state index >= 15 is 0 Å². The average molecular weight is 234 g/mol. The van der Waals surface area contributed by atoms with Gasteiger partial charge in [0, 0.05) is 11.7 Å². The van der Waals surface area contributed by atoms with Crippen LogP contribution in [0.5, 0.6) is 0 Å². The highest BCUT2D eigenvalue weighted by Crippen LogP contribution is 2.28. The molecule has 5 heteroatoms. The quantitative estimate of drug-likeness (QED) is 0.724. The third kappa shape index (κ3) is 2.14. The molecule has 1 aromatic rings. The lowest BCUT2D eigenvalue weighted by molar-refractivity contribution is -0.141. The van der Waals surface area contributed by atoms with E-state index in [2.05, 4.69) is 5.32 Å². The first-order valence-corrected chi connectivity index (χ1v) is 5.40. The number of hydrogen-bond donors (Lipinski definition) is 3. The summed E-state index contributed by atoms with van der Waals surface area (Å²) in [6.45, 7) is 1.57.